The summed E-state index contributed by atoms with van der Waals surface area (Å²) in [5.41, 5.74) is 14.3. The highest BCUT2D eigenvalue weighted by atomic mass is 15.1. The van der Waals surface area contributed by atoms with Crippen LogP contribution in [0.1, 0.15) is 52.7 Å². The normalized spacial score (nSPS) is 12.2. The van der Waals surface area contributed by atoms with Crippen LogP contribution in [-0.4, -0.2) is 24.1 Å². The monoisotopic (exact) mass is 827 g/mol. The van der Waals surface area contributed by atoms with Crippen LogP contribution in [0.25, 0.3) is 100 Å². The molecular formula is C59H49N5. The second kappa shape index (κ2) is 15.0. The molecule has 8 aromatic carbocycles. The molecule has 0 atom stereocenters. The predicted molar refractivity (Wildman–Crippen MR) is 268 cm³/mol. The molecule has 11 aromatic rings. The molecule has 0 fully saturated rings. The average Bonchev–Trinajstić information content (AvgIpc) is 3.83. The second-order valence-electron chi connectivity index (χ2n) is 19.0. The largest absolute Gasteiger partial charge is 0.309 e. The van der Waals surface area contributed by atoms with E-state index in [1.807, 2.05) is 36.4 Å². The van der Waals surface area contributed by atoms with Gasteiger partial charge in [0, 0.05) is 43.9 Å². The summed E-state index contributed by atoms with van der Waals surface area (Å²) in [6, 6.07) is 67.5. The molecule has 0 saturated carbocycles. The minimum atomic E-state index is -0.0169. The van der Waals surface area contributed by atoms with E-state index in [0.29, 0.717) is 17.5 Å². The van der Waals surface area contributed by atoms with E-state index in [1.54, 1.807) is 0 Å². The Kier molecular flexibility index (Phi) is 9.21. The number of fused-ring (bicyclic) bond motifs is 6. The van der Waals surface area contributed by atoms with Gasteiger partial charge in [0.1, 0.15) is 0 Å². The summed E-state index contributed by atoms with van der Waals surface area (Å²) >= 11 is 0. The Balaban J connectivity index is 1.21. The molecule has 0 aliphatic rings. The van der Waals surface area contributed by atoms with Crippen molar-refractivity contribution in [2.24, 2.45) is 0 Å². The van der Waals surface area contributed by atoms with E-state index in [1.165, 1.54) is 38.2 Å². The third-order valence-electron chi connectivity index (χ3n) is 12.7. The van der Waals surface area contributed by atoms with Gasteiger partial charge in [-0.15, -0.1) is 0 Å². The van der Waals surface area contributed by atoms with Gasteiger partial charge >= 0.3 is 0 Å². The first kappa shape index (κ1) is 39.2. The zero-order valence-electron chi connectivity index (χ0n) is 37.1. The van der Waals surface area contributed by atoms with Gasteiger partial charge in [-0.05, 0) is 93.7 Å². The molecular weight excluding hydrogens is 779 g/mol. The Morgan fingerprint density at radius 3 is 1.38 bits per heavy atom. The number of para-hydroxylation sites is 2. The fraction of sp³-hybridized carbons (Fsp3) is 0.136. The topological polar surface area (TPSA) is 48.5 Å². The maximum absolute atomic E-state index is 5.35. The van der Waals surface area contributed by atoms with Gasteiger partial charge in [-0.25, -0.2) is 15.0 Å². The van der Waals surface area contributed by atoms with Crippen LogP contribution in [-0.2, 0) is 10.8 Å². The fourth-order valence-electron chi connectivity index (χ4n) is 9.24. The maximum Gasteiger partial charge on any atom is 0.166 e. The lowest BCUT2D eigenvalue weighted by Crippen LogP contribution is -2.10. The molecule has 5 heteroatoms. The first-order valence-corrected chi connectivity index (χ1v) is 22.2. The lowest BCUT2D eigenvalue weighted by atomic mass is 9.85. The highest BCUT2D eigenvalue weighted by Crippen LogP contribution is 2.42. The van der Waals surface area contributed by atoms with Crippen LogP contribution in [0.15, 0.2) is 188 Å². The minimum absolute atomic E-state index is 0.0169. The summed E-state index contributed by atoms with van der Waals surface area (Å²) in [7, 11) is 0. The molecule has 0 N–H and O–H groups in total. The Bertz CT molecular complexity index is 3420. The van der Waals surface area contributed by atoms with Crippen molar-refractivity contribution < 1.29 is 0 Å². The van der Waals surface area contributed by atoms with Crippen LogP contribution < -0.4 is 0 Å². The van der Waals surface area contributed by atoms with Gasteiger partial charge in [-0.1, -0.05) is 169 Å². The van der Waals surface area contributed by atoms with Gasteiger partial charge < -0.3 is 9.13 Å². The van der Waals surface area contributed by atoms with Crippen LogP contribution >= 0.6 is 0 Å². The highest BCUT2D eigenvalue weighted by Gasteiger charge is 2.24. The second-order valence-corrected chi connectivity index (χ2v) is 19.0. The van der Waals surface area contributed by atoms with Crippen molar-refractivity contribution in [3.05, 3.63) is 199 Å². The van der Waals surface area contributed by atoms with Gasteiger partial charge in [-0.3, -0.25) is 0 Å². The quantitative estimate of drug-likeness (QED) is 0.168. The summed E-state index contributed by atoms with van der Waals surface area (Å²) in [4.78, 5) is 15.8. The summed E-state index contributed by atoms with van der Waals surface area (Å²) < 4.78 is 4.80. The molecule has 0 unspecified atom stereocenters. The first-order valence-electron chi connectivity index (χ1n) is 22.2. The van der Waals surface area contributed by atoms with Gasteiger partial charge in [0.2, 0.25) is 0 Å². The number of rotatable bonds is 6. The zero-order valence-corrected chi connectivity index (χ0v) is 37.1. The molecule has 0 spiro atoms. The first-order chi connectivity index (χ1) is 31.0. The molecule has 0 aliphatic heterocycles. The van der Waals surface area contributed by atoms with Crippen LogP contribution in [0.5, 0.6) is 0 Å². The lowest BCUT2D eigenvalue weighted by molar-refractivity contribution is 0.590. The minimum Gasteiger partial charge on any atom is -0.309 e. The lowest BCUT2D eigenvalue weighted by Gasteiger charge is -2.19. The van der Waals surface area contributed by atoms with Gasteiger partial charge in [0.15, 0.2) is 17.5 Å². The number of aromatic nitrogens is 5. The van der Waals surface area contributed by atoms with E-state index in [4.69, 9.17) is 15.0 Å². The smallest absolute Gasteiger partial charge is 0.166 e. The van der Waals surface area contributed by atoms with Crippen LogP contribution in [0, 0.1) is 0 Å². The van der Waals surface area contributed by atoms with Gasteiger partial charge in [0.25, 0.3) is 0 Å². The van der Waals surface area contributed by atoms with Crippen molar-refractivity contribution in [1.82, 2.24) is 24.1 Å². The molecule has 3 heterocycles. The third-order valence-corrected chi connectivity index (χ3v) is 12.7. The zero-order chi connectivity index (χ0) is 43.7. The van der Waals surface area contributed by atoms with Crippen LogP contribution in [0.3, 0.4) is 0 Å². The third kappa shape index (κ3) is 6.76. The van der Waals surface area contributed by atoms with Crippen molar-refractivity contribution in [3.63, 3.8) is 0 Å². The van der Waals surface area contributed by atoms with E-state index in [9.17, 15) is 0 Å². The molecule has 0 bridgehead atoms. The van der Waals surface area contributed by atoms with Crippen molar-refractivity contribution in [2.45, 2.75) is 52.4 Å². The summed E-state index contributed by atoms with van der Waals surface area (Å²) in [5.74, 6) is 1.86. The molecule has 0 saturated heterocycles. The SMILES string of the molecule is CC(C)(C)c1ccc2c(c1)c1cc(C(C)(C)C)ccc1n2-c1ccc(-c2ccc3c4ccccc4n(-c4ccccc4)c3c2)cc1-c1nc(-c2ccccc2)nc(-c2ccccc2)n1. The van der Waals surface area contributed by atoms with Crippen molar-refractivity contribution >= 4 is 43.6 Å². The van der Waals surface area contributed by atoms with E-state index >= 15 is 0 Å². The molecule has 3 aromatic heterocycles. The van der Waals surface area contributed by atoms with Crippen LogP contribution in [0.2, 0.25) is 0 Å². The molecule has 310 valence electrons. The fourth-order valence-corrected chi connectivity index (χ4v) is 9.24. The Labute approximate surface area is 374 Å². The Morgan fingerprint density at radius 2 is 0.797 bits per heavy atom. The number of hydrogen-bond acceptors (Lipinski definition) is 3. The molecule has 0 radical (unpaired) electrons. The molecule has 5 nitrogen and oxygen atoms in total. The molecule has 0 amide bonds. The Morgan fingerprint density at radius 1 is 0.328 bits per heavy atom. The summed E-state index contributed by atoms with van der Waals surface area (Å²) in [6.07, 6.45) is 0. The number of benzene rings is 8. The molecule has 11 rings (SSSR count). The predicted octanol–water partition coefficient (Wildman–Crippen LogP) is 15.3. The maximum atomic E-state index is 5.35. The van der Waals surface area contributed by atoms with E-state index in [0.717, 1.165) is 55.7 Å². The van der Waals surface area contributed by atoms with E-state index < -0.39 is 0 Å². The van der Waals surface area contributed by atoms with Crippen molar-refractivity contribution in [3.8, 4) is 56.7 Å². The van der Waals surface area contributed by atoms with Gasteiger partial charge in [0.05, 0.1) is 27.8 Å². The number of nitrogens with zero attached hydrogens (tertiary/aromatic N) is 5. The molecule has 0 aliphatic carbocycles. The highest BCUT2D eigenvalue weighted by molar-refractivity contribution is 6.11. The van der Waals surface area contributed by atoms with Gasteiger partial charge in [-0.2, -0.15) is 0 Å². The van der Waals surface area contributed by atoms with E-state index in [-0.39, 0.29) is 10.8 Å². The van der Waals surface area contributed by atoms with Crippen LogP contribution in [0.4, 0.5) is 0 Å². The summed E-state index contributed by atoms with van der Waals surface area (Å²) in [6.45, 7) is 13.7. The Hall–Kier alpha value is -7.63. The summed E-state index contributed by atoms with van der Waals surface area (Å²) in [5, 5.41) is 4.90. The van der Waals surface area contributed by atoms with E-state index in [2.05, 4.69) is 202 Å². The average molecular weight is 828 g/mol. The van der Waals surface area contributed by atoms with Crippen molar-refractivity contribution in [2.75, 3.05) is 0 Å². The number of hydrogen-bond donors (Lipinski definition) is 0. The standard InChI is InChI=1S/C59H49N5/c1-58(2,3)42-28-32-51-47(36-42)48-37-43(59(4,5)6)29-33-52(48)64(51)53-31-27-40(41-26-30-46-45-24-16-17-25-50(45)63(54(46)35-41)44-22-14-9-15-23-44)34-49(53)57-61-55(38-18-10-7-11-19-38)60-56(62-57)39-20-12-8-13-21-39/h7-37H,1-6H3. The van der Waals surface area contributed by atoms with Crippen molar-refractivity contribution in [1.29, 1.82) is 0 Å². The molecule has 64 heavy (non-hydrogen) atoms.